The molecule has 0 aliphatic carbocycles. The van der Waals surface area contributed by atoms with Crippen molar-refractivity contribution >= 4 is 18.2 Å². The number of methoxy groups -OCH3 is 1. The van der Waals surface area contributed by atoms with Gasteiger partial charge in [0.05, 0.1) is 13.5 Å². The largest absolute Gasteiger partial charge is 0.481 e. The number of hydrogen-bond donors (Lipinski definition) is 1. The van der Waals surface area contributed by atoms with Gasteiger partial charge in [0.15, 0.2) is 0 Å². The smallest absolute Gasteiger partial charge is 0.310 e. The third kappa shape index (κ3) is 19.9. The highest BCUT2D eigenvalue weighted by Gasteiger charge is 1.92. The molecule has 0 heterocycles. The predicted molar refractivity (Wildman–Crippen MR) is 71.7 cm³/mol. The van der Waals surface area contributed by atoms with E-state index in [9.17, 15) is 9.59 Å². The average molecular weight is 257 g/mol. The highest BCUT2D eigenvalue weighted by molar-refractivity contribution is 5.85. The topological polar surface area (TPSA) is 76.0 Å². The van der Waals surface area contributed by atoms with Crippen molar-refractivity contribution in [3.63, 3.8) is 0 Å². The summed E-state index contributed by atoms with van der Waals surface area (Å²) in [6, 6.07) is 0. The summed E-state index contributed by atoms with van der Waals surface area (Å²) in [6.07, 6.45) is 9.16. The van der Waals surface area contributed by atoms with E-state index in [1.165, 1.54) is 20.0 Å². The van der Waals surface area contributed by atoms with E-state index in [0.29, 0.717) is 0 Å². The molecule has 5 heteroatoms. The number of esters is 1. The molecule has 0 aromatic heterocycles. The number of carboxylic acid groups (broad SMARTS) is 1. The summed E-state index contributed by atoms with van der Waals surface area (Å²) < 4.78 is 4.44. The number of rotatable bonds is 7. The lowest BCUT2D eigenvalue weighted by molar-refractivity contribution is -0.139. The van der Waals surface area contributed by atoms with E-state index in [2.05, 4.69) is 16.7 Å². The molecule has 5 nitrogen and oxygen atoms in total. The molecule has 1 N–H and O–H groups in total. The van der Waals surface area contributed by atoms with Crippen LogP contribution in [-0.2, 0) is 14.3 Å². The molecular weight excluding hydrogens is 234 g/mol. The molecule has 0 aromatic carbocycles. The van der Waals surface area contributed by atoms with Gasteiger partial charge in [-0.15, -0.1) is 0 Å². The lowest BCUT2D eigenvalue weighted by Crippen LogP contribution is -1.99. The van der Waals surface area contributed by atoms with Crippen LogP contribution in [0.3, 0.4) is 0 Å². The number of allylic oxidation sites excluding steroid dienone is 1. The fourth-order valence-corrected chi connectivity index (χ4v) is 0.729. The number of carbonyl (C=O) groups is 2. The van der Waals surface area contributed by atoms with E-state index in [1.54, 1.807) is 19.3 Å². The predicted octanol–water partition coefficient (Wildman–Crippen LogP) is 2.81. The minimum absolute atomic E-state index is 0.222. The van der Waals surface area contributed by atoms with E-state index in [4.69, 9.17) is 5.11 Å². The van der Waals surface area contributed by atoms with Crippen molar-refractivity contribution < 1.29 is 19.4 Å². The number of nitrogens with zero attached hydrogens (tertiary/aromatic N) is 1. The maximum Gasteiger partial charge on any atom is 0.310 e. The Balaban J connectivity index is 0. The van der Waals surface area contributed by atoms with E-state index in [1.807, 2.05) is 6.08 Å². The van der Waals surface area contributed by atoms with Crippen LogP contribution in [0.4, 0.5) is 0 Å². The van der Waals surface area contributed by atoms with E-state index in [-0.39, 0.29) is 18.8 Å². The zero-order valence-corrected chi connectivity index (χ0v) is 11.4. The van der Waals surface area contributed by atoms with Crippen molar-refractivity contribution in [3.8, 4) is 0 Å². The summed E-state index contributed by atoms with van der Waals surface area (Å²) in [5.41, 5.74) is 0. The number of hydrogen-bond acceptors (Lipinski definition) is 4. The van der Waals surface area contributed by atoms with Gasteiger partial charge >= 0.3 is 11.9 Å². The van der Waals surface area contributed by atoms with Crippen LogP contribution in [0.25, 0.3) is 0 Å². The molecule has 104 valence electrons. The summed E-state index contributed by atoms with van der Waals surface area (Å²) in [4.78, 5) is 23.9. The standard InChI is InChI=1S/C10H17NO2.C3H6O2/c1-3-4-5-6-8-11-9-7-10(12)13-2;1-2-3(4)5/h6,8-9H,3-5,7H2,1-2H3;2H2,1H3,(H,4,5). The molecule has 0 aliphatic heterocycles. The van der Waals surface area contributed by atoms with Gasteiger partial charge in [-0.2, -0.15) is 0 Å². The SMILES string of the molecule is CCC(=O)O.CCCCC=CN=CCC(=O)OC. The zero-order chi connectivity index (χ0) is 14.2. The monoisotopic (exact) mass is 257 g/mol. The van der Waals surface area contributed by atoms with Gasteiger partial charge in [0, 0.05) is 18.8 Å². The molecule has 0 radical (unpaired) electrons. The van der Waals surface area contributed by atoms with Crippen molar-refractivity contribution in [1.29, 1.82) is 0 Å². The quantitative estimate of drug-likeness (QED) is 0.432. The number of carboxylic acids is 1. The van der Waals surface area contributed by atoms with Crippen molar-refractivity contribution in [2.24, 2.45) is 4.99 Å². The van der Waals surface area contributed by atoms with Gasteiger partial charge in [0.25, 0.3) is 0 Å². The number of aliphatic imine (C=N–C) groups is 1. The molecule has 0 aromatic rings. The third-order valence-corrected chi connectivity index (χ3v) is 1.81. The molecular formula is C13H23NO4. The highest BCUT2D eigenvalue weighted by Crippen LogP contribution is 1.94. The van der Waals surface area contributed by atoms with Gasteiger partial charge in [0.2, 0.25) is 0 Å². The lowest BCUT2D eigenvalue weighted by atomic mass is 10.2. The molecule has 0 spiro atoms. The molecule has 0 unspecified atom stereocenters. The second-order valence-electron chi connectivity index (χ2n) is 3.39. The van der Waals surface area contributed by atoms with Crippen LogP contribution < -0.4 is 0 Å². The van der Waals surface area contributed by atoms with Crippen LogP contribution in [0.2, 0.25) is 0 Å². The Kier molecular flexibility index (Phi) is 16.0. The summed E-state index contributed by atoms with van der Waals surface area (Å²) in [5.74, 6) is -1.00. The molecule has 0 aliphatic rings. The first-order valence-corrected chi connectivity index (χ1v) is 6.03. The van der Waals surface area contributed by atoms with E-state index >= 15 is 0 Å². The first-order valence-electron chi connectivity index (χ1n) is 6.03. The molecule has 0 fully saturated rings. The van der Waals surface area contributed by atoms with Gasteiger partial charge in [-0.05, 0) is 6.42 Å². The van der Waals surface area contributed by atoms with Crippen LogP contribution in [0.5, 0.6) is 0 Å². The molecule has 18 heavy (non-hydrogen) atoms. The minimum Gasteiger partial charge on any atom is -0.481 e. The summed E-state index contributed by atoms with van der Waals surface area (Å²) in [5, 5.41) is 7.72. The highest BCUT2D eigenvalue weighted by atomic mass is 16.5. The molecule has 0 bridgehead atoms. The average Bonchev–Trinajstić information content (AvgIpc) is 2.38. The van der Waals surface area contributed by atoms with Crippen molar-refractivity contribution in [2.45, 2.75) is 46.0 Å². The van der Waals surface area contributed by atoms with Crippen molar-refractivity contribution in [2.75, 3.05) is 7.11 Å². The van der Waals surface area contributed by atoms with E-state index < -0.39 is 5.97 Å². The Morgan fingerprint density at radius 3 is 2.39 bits per heavy atom. The van der Waals surface area contributed by atoms with Gasteiger partial charge in [0.1, 0.15) is 0 Å². The second-order valence-corrected chi connectivity index (χ2v) is 3.39. The van der Waals surface area contributed by atoms with Gasteiger partial charge in [-0.25, -0.2) is 0 Å². The molecule has 0 amide bonds. The third-order valence-electron chi connectivity index (χ3n) is 1.81. The second kappa shape index (κ2) is 15.4. The van der Waals surface area contributed by atoms with Gasteiger partial charge < -0.3 is 9.84 Å². The fraction of sp³-hybridized carbons (Fsp3) is 0.615. The number of aliphatic carboxylic acids is 1. The summed E-state index contributed by atoms with van der Waals surface area (Å²) in [7, 11) is 1.37. The number of unbranched alkanes of at least 4 members (excludes halogenated alkanes) is 2. The Morgan fingerprint density at radius 1 is 1.33 bits per heavy atom. The van der Waals surface area contributed by atoms with Crippen LogP contribution in [-0.4, -0.2) is 30.4 Å². The number of carbonyl (C=O) groups excluding carboxylic acids is 1. The zero-order valence-electron chi connectivity index (χ0n) is 11.4. The minimum atomic E-state index is -0.745. The lowest BCUT2D eigenvalue weighted by Gasteiger charge is -1.90. The first kappa shape index (κ1) is 18.7. The first-order chi connectivity index (χ1) is 8.58. The van der Waals surface area contributed by atoms with Crippen molar-refractivity contribution in [1.82, 2.24) is 0 Å². The summed E-state index contributed by atoms with van der Waals surface area (Å²) >= 11 is 0. The van der Waals surface area contributed by atoms with E-state index in [0.717, 1.165) is 6.42 Å². The van der Waals surface area contributed by atoms with Crippen LogP contribution in [0.15, 0.2) is 17.3 Å². The van der Waals surface area contributed by atoms with Gasteiger partial charge in [-0.3, -0.25) is 14.6 Å². The Morgan fingerprint density at radius 2 is 1.94 bits per heavy atom. The Bertz CT molecular complexity index is 272. The molecule has 0 rings (SSSR count). The molecule has 0 saturated carbocycles. The van der Waals surface area contributed by atoms with Crippen molar-refractivity contribution in [3.05, 3.63) is 12.3 Å². The van der Waals surface area contributed by atoms with Crippen LogP contribution in [0, 0.1) is 0 Å². The summed E-state index contributed by atoms with van der Waals surface area (Å²) in [6.45, 7) is 3.75. The van der Waals surface area contributed by atoms with Crippen LogP contribution in [0.1, 0.15) is 46.0 Å². The van der Waals surface area contributed by atoms with Gasteiger partial charge in [-0.1, -0.05) is 32.8 Å². The Hall–Kier alpha value is -1.65. The maximum atomic E-state index is 10.6. The fourth-order valence-electron chi connectivity index (χ4n) is 0.729. The van der Waals surface area contributed by atoms with Crippen LogP contribution >= 0.6 is 0 Å². The molecule has 0 atom stereocenters. The Labute approximate surface area is 109 Å². The normalized spacial score (nSPS) is 10.2. The number of ether oxygens (including phenoxy) is 1. The maximum absolute atomic E-state index is 10.6. The molecule has 0 saturated heterocycles.